The van der Waals surface area contributed by atoms with E-state index in [1.807, 2.05) is 12.1 Å². The molecule has 0 amide bonds. The quantitative estimate of drug-likeness (QED) is 0.810. The van der Waals surface area contributed by atoms with Crippen LogP contribution in [0.1, 0.15) is 11.1 Å². The summed E-state index contributed by atoms with van der Waals surface area (Å²) in [6.07, 6.45) is 0. The minimum atomic E-state index is -0.439. The Morgan fingerprint density at radius 3 is 2.64 bits per heavy atom. The highest BCUT2D eigenvalue weighted by atomic mass is 79.9. The van der Waals surface area contributed by atoms with Crippen molar-refractivity contribution in [2.45, 2.75) is 13.2 Å². The molecule has 3 heteroatoms. The highest BCUT2D eigenvalue weighted by molar-refractivity contribution is 9.10. The number of hydrogen-bond acceptors (Lipinski definition) is 1. The Bertz CT molecular complexity index is 250. The molecule has 1 aromatic rings. The first kappa shape index (κ1) is 8.68. The Labute approximate surface area is 73.5 Å². The molecule has 1 rings (SSSR count). The van der Waals surface area contributed by atoms with E-state index < -0.39 is 6.67 Å². The van der Waals surface area contributed by atoms with Crippen molar-refractivity contribution in [2.75, 3.05) is 0 Å². The van der Waals surface area contributed by atoms with Crippen molar-refractivity contribution in [3.63, 3.8) is 0 Å². The molecule has 0 aliphatic rings. The maximum absolute atomic E-state index is 12.2. The summed E-state index contributed by atoms with van der Waals surface area (Å²) in [7, 11) is 0. The van der Waals surface area contributed by atoms with E-state index >= 15 is 0 Å². The minimum Gasteiger partial charge on any atom is -0.326 e. The van der Waals surface area contributed by atoms with Crippen LogP contribution in [-0.2, 0) is 13.2 Å². The second kappa shape index (κ2) is 3.83. The number of alkyl halides is 1. The third kappa shape index (κ3) is 2.01. The van der Waals surface area contributed by atoms with Crippen LogP contribution in [0.2, 0.25) is 0 Å². The van der Waals surface area contributed by atoms with Crippen molar-refractivity contribution in [2.24, 2.45) is 5.73 Å². The molecule has 60 valence electrons. The maximum Gasteiger partial charge on any atom is 0.116 e. The van der Waals surface area contributed by atoms with E-state index in [0.29, 0.717) is 12.1 Å². The van der Waals surface area contributed by atoms with Crippen molar-refractivity contribution in [1.29, 1.82) is 0 Å². The molecule has 0 saturated carbocycles. The second-order valence-corrected chi connectivity index (χ2v) is 3.12. The largest absolute Gasteiger partial charge is 0.326 e. The van der Waals surface area contributed by atoms with Crippen LogP contribution in [0.25, 0.3) is 0 Å². The normalized spacial score (nSPS) is 10.1. The standard InChI is InChI=1S/C8H9BrFN/c9-8-3-6(5-11)1-2-7(8)4-10/h1-3H,4-5,11H2. The summed E-state index contributed by atoms with van der Waals surface area (Å²) in [5.74, 6) is 0. The molecule has 0 radical (unpaired) electrons. The molecular weight excluding hydrogens is 209 g/mol. The van der Waals surface area contributed by atoms with Crippen molar-refractivity contribution in [1.82, 2.24) is 0 Å². The molecule has 0 aliphatic heterocycles. The van der Waals surface area contributed by atoms with Gasteiger partial charge >= 0.3 is 0 Å². The summed E-state index contributed by atoms with van der Waals surface area (Å²) in [5.41, 5.74) is 7.07. The molecule has 0 unspecified atom stereocenters. The molecule has 0 bridgehead atoms. The van der Waals surface area contributed by atoms with E-state index in [9.17, 15) is 4.39 Å². The highest BCUT2D eigenvalue weighted by Crippen LogP contribution is 2.19. The fraction of sp³-hybridized carbons (Fsp3) is 0.250. The van der Waals surface area contributed by atoms with Gasteiger partial charge in [0.25, 0.3) is 0 Å². The van der Waals surface area contributed by atoms with Crippen LogP contribution in [-0.4, -0.2) is 0 Å². The van der Waals surface area contributed by atoms with Crippen molar-refractivity contribution in [3.05, 3.63) is 33.8 Å². The molecule has 0 saturated heterocycles. The van der Waals surface area contributed by atoms with Gasteiger partial charge in [-0.15, -0.1) is 0 Å². The predicted molar refractivity (Wildman–Crippen MR) is 46.8 cm³/mol. The fourth-order valence-corrected chi connectivity index (χ4v) is 1.36. The molecule has 1 aromatic carbocycles. The third-order valence-electron chi connectivity index (χ3n) is 1.50. The van der Waals surface area contributed by atoms with Crippen LogP contribution in [0.5, 0.6) is 0 Å². The molecule has 0 atom stereocenters. The third-order valence-corrected chi connectivity index (χ3v) is 2.24. The summed E-state index contributed by atoms with van der Waals surface area (Å²) in [6, 6.07) is 5.42. The molecule has 1 nitrogen and oxygen atoms in total. The zero-order valence-electron chi connectivity index (χ0n) is 5.98. The van der Waals surface area contributed by atoms with E-state index in [-0.39, 0.29) is 0 Å². The van der Waals surface area contributed by atoms with Crippen LogP contribution in [0, 0.1) is 0 Å². The maximum atomic E-state index is 12.2. The number of benzene rings is 1. The number of nitrogens with two attached hydrogens (primary N) is 1. The molecule has 0 aromatic heterocycles. The van der Waals surface area contributed by atoms with Crippen molar-refractivity contribution < 1.29 is 4.39 Å². The van der Waals surface area contributed by atoms with Crippen LogP contribution in [0.15, 0.2) is 22.7 Å². The lowest BCUT2D eigenvalue weighted by atomic mass is 10.1. The van der Waals surface area contributed by atoms with Crippen LogP contribution in [0.3, 0.4) is 0 Å². The summed E-state index contributed by atoms with van der Waals surface area (Å²) in [5, 5.41) is 0. The first-order valence-corrected chi connectivity index (χ1v) is 4.10. The first-order chi connectivity index (χ1) is 5.27. The van der Waals surface area contributed by atoms with E-state index in [4.69, 9.17) is 5.73 Å². The van der Waals surface area contributed by atoms with Gasteiger partial charge in [0.05, 0.1) is 0 Å². The Balaban J connectivity index is 2.99. The SMILES string of the molecule is NCc1ccc(CF)c(Br)c1. The van der Waals surface area contributed by atoms with Gasteiger partial charge in [0.1, 0.15) is 6.67 Å². The Morgan fingerprint density at radius 2 is 2.18 bits per heavy atom. The predicted octanol–water partition coefficient (Wildman–Crippen LogP) is 2.38. The summed E-state index contributed by atoms with van der Waals surface area (Å²) < 4.78 is 13.0. The highest BCUT2D eigenvalue weighted by Gasteiger charge is 1.98. The van der Waals surface area contributed by atoms with Crippen molar-refractivity contribution in [3.8, 4) is 0 Å². The van der Waals surface area contributed by atoms with Gasteiger partial charge in [-0.2, -0.15) is 0 Å². The van der Waals surface area contributed by atoms with E-state index in [1.54, 1.807) is 6.07 Å². The average molecular weight is 218 g/mol. The topological polar surface area (TPSA) is 26.0 Å². The van der Waals surface area contributed by atoms with E-state index in [1.165, 1.54) is 0 Å². The Morgan fingerprint density at radius 1 is 1.45 bits per heavy atom. The molecule has 11 heavy (non-hydrogen) atoms. The summed E-state index contributed by atoms with van der Waals surface area (Å²) in [6.45, 7) is 0.0522. The van der Waals surface area contributed by atoms with Gasteiger partial charge in [0.15, 0.2) is 0 Å². The van der Waals surface area contributed by atoms with Crippen LogP contribution < -0.4 is 5.73 Å². The smallest absolute Gasteiger partial charge is 0.116 e. The first-order valence-electron chi connectivity index (χ1n) is 3.31. The lowest BCUT2D eigenvalue weighted by Gasteiger charge is -2.01. The van der Waals surface area contributed by atoms with Gasteiger partial charge in [-0.3, -0.25) is 0 Å². The van der Waals surface area contributed by atoms with Crippen LogP contribution in [0.4, 0.5) is 4.39 Å². The number of hydrogen-bond donors (Lipinski definition) is 1. The lowest BCUT2D eigenvalue weighted by molar-refractivity contribution is 0.484. The molecule has 0 aliphatic carbocycles. The van der Waals surface area contributed by atoms with Gasteiger partial charge in [0, 0.05) is 11.0 Å². The Kier molecular flexibility index (Phi) is 3.02. The van der Waals surface area contributed by atoms with Crippen LogP contribution >= 0.6 is 15.9 Å². The lowest BCUT2D eigenvalue weighted by Crippen LogP contribution is -1.96. The second-order valence-electron chi connectivity index (χ2n) is 2.26. The fourth-order valence-electron chi connectivity index (χ4n) is 0.826. The monoisotopic (exact) mass is 217 g/mol. The molecule has 0 spiro atoms. The molecule has 0 heterocycles. The molecule has 0 fully saturated rings. The summed E-state index contributed by atoms with van der Waals surface area (Å²) >= 11 is 3.25. The van der Waals surface area contributed by atoms with E-state index in [0.717, 1.165) is 10.0 Å². The van der Waals surface area contributed by atoms with Gasteiger partial charge in [0.2, 0.25) is 0 Å². The average Bonchev–Trinajstić information content (AvgIpc) is 2.04. The van der Waals surface area contributed by atoms with E-state index in [2.05, 4.69) is 15.9 Å². The number of halogens is 2. The molecular formula is C8H9BrFN. The summed E-state index contributed by atoms with van der Waals surface area (Å²) in [4.78, 5) is 0. The van der Waals surface area contributed by atoms with Crippen molar-refractivity contribution >= 4 is 15.9 Å². The Hall–Kier alpha value is -0.410. The van der Waals surface area contributed by atoms with Gasteiger partial charge in [-0.1, -0.05) is 28.1 Å². The number of rotatable bonds is 2. The van der Waals surface area contributed by atoms with Gasteiger partial charge in [-0.25, -0.2) is 4.39 Å². The zero-order chi connectivity index (χ0) is 8.27. The zero-order valence-corrected chi connectivity index (χ0v) is 7.57. The molecule has 2 N–H and O–H groups in total. The minimum absolute atomic E-state index is 0.439. The van der Waals surface area contributed by atoms with Gasteiger partial charge in [-0.05, 0) is 17.2 Å². The van der Waals surface area contributed by atoms with Gasteiger partial charge < -0.3 is 5.73 Å².